The number of nitrogens with zero attached hydrogens (tertiary/aromatic N) is 1. The van der Waals surface area contributed by atoms with Gasteiger partial charge in [0.2, 0.25) is 0 Å². The Morgan fingerprint density at radius 1 is 1.30 bits per heavy atom. The predicted molar refractivity (Wildman–Crippen MR) is 74.8 cm³/mol. The van der Waals surface area contributed by atoms with E-state index < -0.39 is 0 Å². The number of nitrogen functional groups attached to an aromatic ring is 1. The maximum Gasteiger partial charge on any atom is 0.253 e. The van der Waals surface area contributed by atoms with Gasteiger partial charge in [0.25, 0.3) is 5.91 Å². The van der Waals surface area contributed by atoms with Gasteiger partial charge in [-0.15, -0.1) is 0 Å². The topological polar surface area (TPSA) is 99.1 Å². The van der Waals surface area contributed by atoms with Gasteiger partial charge < -0.3 is 16.2 Å². The Morgan fingerprint density at radius 3 is 2.85 bits per heavy atom. The Kier molecular flexibility index (Phi) is 3.87. The molecular weight excluding hydrogens is 254 g/mol. The maximum atomic E-state index is 12.0. The molecule has 0 saturated heterocycles. The molecule has 0 fully saturated rings. The molecule has 0 aliphatic carbocycles. The van der Waals surface area contributed by atoms with Crippen LogP contribution in [0.3, 0.4) is 0 Å². The largest absolute Gasteiger partial charge is 0.508 e. The quantitative estimate of drug-likeness (QED) is 0.583. The molecule has 0 atom stereocenters. The van der Waals surface area contributed by atoms with E-state index in [1.165, 1.54) is 18.2 Å². The molecule has 5 heteroatoms. The zero-order valence-corrected chi connectivity index (χ0v) is 10.6. The second kappa shape index (κ2) is 5.76. The Hall–Kier alpha value is -3.00. The molecule has 0 radical (unpaired) electrons. The van der Waals surface area contributed by atoms with Crippen molar-refractivity contribution in [3.05, 3.63) is 59.2 Å². The molecule has 0 aromatic heterocycles. The third kappa shape index (κ3) is 3.06. The van der Waals surface area contributed by atoms with Crippen LogP contribution in [0.15, 0.2) is 42.5 Å². The van der Waals surface area contributed by atoms with Gasteiger partial charge in [0.1, 0.15) is 5.75 Å². The fourth-order valence-corrected chi connectivity index (χ4v) is 1.77. The number of anilines is 1. The Bertz CT molecular complexity index is 690. The first kappa shape index (κ1) is 13.4. The van der Waals surface area contributed by atoms with E-state index in [1.54, 1.807) is 18.2 Å². The van der Waals surface area contributed by atoms with Crippen LogP contribution in [0.5, 0.6) is 5.75 Å². The summed E-state index contributed by atoms with van der Waals surface area (Å²) in [5.74, 6) is -0.392. The van der Waals surface area contributed by atoms with Crippen LogP contribution in [0.1, 0.15) is 21.5 Å². The van der Waals surface area contributed by atoms with Crippen LogP contribution in [0, 0.1) is 11.3 Å². The van der Waals surface area contributed by atoms with Gasteiger partial charge in [0.05, 0.1) is 17.2 Å². The summed E-state index contributed by atoms with van der Waals surface area (Å²) < 4.78 is 0. The first-order chi connectivity index (χ1) is 9.60. The molecule has 0 aliphatic rings. The molecule has 5 nitrogen and oxygen atoms in total. The van der Waals surface area contributed by atoms with Crippen molar-refractivity contribution in [1.82, 2.24) is 5.32 Å². The fourth-order valence-electron chi connectivity index (χ4n) is 1.77. The molecule has 100 valence electrons. The van der Waals surface area contributed by atoms with E-state index in [0.29, 0.717) is 11.3 Å². The zero-order valence-electron chi connectivity index (χ0n) is 10.6. The van der Waals surface area contributed by atoms with Crippen molar-refractivity contribution < 1.29 is 9.90 Å². The van der Waals surface area contributed by atoms with E-state index >= 15 is 0 Å². The summed E-state index contributed by atoms with van der Waals surface area (Å²) in [4.78, 5) is 12.0. The van der Waals surface area contributed by atoms with Gasteiger partial charge in [-0.3, -0.25) is 4.79 Å². The molecule has 1 amide bonds. The molecule has 2 rings (SSSR count). The van der Waals surface area contributed by atoms with E-state index in [-0.39, 0.29) is 23.8 Å². The van der Waals surface area contributed by atoms with E-state index in [4.69, 9.17) is 11.0 Å². The van der Waals surface area contributed by atoms with Crippen LogP contribution in [0.25, 0.3) is 0 Å². The number of rotatable bonds is 3. The van der Waals surface area contributed by atoms with Crippen LogP contribution in [-0.4, -0.2) is 11.0 Å². The summed E-state index contributed by atoms with van der Waals surface area (Å²) in [6.45, 7) is 0.281. The molecule has 0 bridgehead atoms. The Balaban J connectivity index is 2.09. The van der Waals surface area contributed by atoms with Crippen molar-refractivity contribution in [2.75, 3.05) is 5.73 Å². The number of nitrogens with one attached hydrogen (secondary N) is 1. The van der Waals surface area contributed by atoms with Crippen molar-refractivity contribution in [2.24, 2.45) is 0 Å². The number of carbonyl (C=O) groups is 1. The molecule has 2 aromatic rings. The normalized spacial score (nSPS) is 9.75. The number of phenolic OH excluding ortho intramolecular Hbond substituents is 1. The van der Waals surface area contributed by atoms with Crippen LogP contribution in [0.4, 0.5) is 5.69 Å². The molecule has 2 aromatic carbocycles. The van der Waals surface area contributed by atoms with Gasteiger partial charge in [0.15, 0.2) is 0 Å². The second-order valence-electron chi connectivity index (χ2n) is 4.27. The summed E-state index contributed by atoms with van der Waals surface area (Å²) in [6.07, 6.45) is 0. The van der Waals surface area contributed by atoms with Crippen molar-refractivity contribution in [1.29, 1.82) is 5.26 Å². The first-order valence-corrected chi connectivity index (χ1v) is 5.96. The van der Waals surface area contributed by atoms with Gasteiger partial charge in [0, 0.05) is 12.2 Å². The number of phenols is 1. The van der Waals surface area contributed by atoms with Crippen LogP contribution in [0.2, 0.25) is 0 Å². The fraction of sp³-hybridized carbons (Fsp3) is 0.0667. The first-order valence-electron chi connectivity index (χ1n) is 5.96. The minimum atomic E-state index is -0.374. The molecule has 0 unspecified atom stereocenters. The average Bonchev–Trinajstić information content (AvgIpc) is 2.47. The summed E-state index contributed by atoms with van der Waals surface area (Å²) in [5, 5.41) is 20.9. The number of carbonyl (C=O) groups excluding carboxylic acids is 1. The molecule has 0 aliphatic heterocycles. The van der Waals surface area contributed by atoms with Gasteiger partial charge >= 0.3 is 0 Å². The third-order valence-electron chi connectivity index (χ3n) is 2.79. The number of nitriles is 1. The number of hydrogen-bond acceptors (Lipinski definition) is 4. The third-order valence-corrected chi connectivity index (χ3v) is 2.79. The summed E-state index contributed by atoms with van der Waals surface area (Å²) in [6, 6.07) is 13.2. The lowest BCUT2D eigenvalue weighted by Gasteiger charge is -2.08. The number of benzene rings is 2. The maximum absolute atomic E-state index is 12.0. The smallest absolute Gasteiger partial charge is 0.253 e. The average molecular weight is 267 g/mol. The minimum absolute atomic E-state index is 0.0178. The lowest BCUT2D eigenvalue weighted by molar-refractivity contribution is 0.0951. The molecule has 0 saturated carbocycles. The standard InChI is InChI=1S/C15H13N3O2/c16-8-10-2-1-3-11(6-10)9-18-15(20)13-7-12(19)4-5-14(13)17/h1-7,19H,9,17H2,(H,18,20). The number of hydrogen-bond donors (Lipinski definition) is 3. The van der Waals surface area contributed by atoms with Gasteiger partial charge in [-0.25, -0.2) is 0 Å². The van der Waals surface area contributed by atoms with Gasteiger partial charge in [-0.05, 0) is 35.9 Å². The zero-order chi connectivity index (χ0) is 14.5. The summed E-state index contributed by atoms with van der Waals surface area (Å²) in [7, 11) is 0. The highest BCUT2D eigenvalue weighted by Crippen LogP contribution is 2.18. The SMILES string of the molecule is N#Cc1cccc(CNC(=O)c2cc(O)ccc2N)c1. The summed E-state index contributed by atoms with van der Waals surface area (Å²) in [5.41, 5.74) is 7.56. The minimum Gasteiger partial charge on any atom is -0.508 e. The van der Waals surface area contributed by atoms with Crippen molar-refractivity contribution in [3.8, 4) is 11.8 Å². The van der Waals surface area contributed by atoms with Crippen LogP contribution >= 0.6 is 0 Å². The van der Waals surface area contributed by atoms with Gasteiger partial charge in [-0.1, -0.05) is 12.1 Å². The van der Waals surface area contributed by atoms with E-state index in [1.807, 2.05) is 12.1 Å². The van der Waals surface area contributed by atoms with E-state index in [2.05, 4.69) is 5.32 Å². The second-order valence-corrected chi connectivity index (χ2v) is 4.27. The molecule has 0 spiro atoms. The lowest BCUT2D eigenvalue weighted by Crippen LogP contribution is -2.23. The summed E-state index contributed by atoms with van der Waals surface area (Å²) >= 11 is 0. The van der Waals surface area contributed by atoms with E-state index in [9.17, 15) is 9.90 Å². The van der Waals surface area contributed by atoms with Crippen LogP contribution < -0.4 is 11.1 Å². The van der Waals surface area contributed by atoms with E-state index in [0.717, 1.165) is 5.56 Å². The van der Waals surface area contributed by atoms with Crippen molar-refractivity contribution in [3.63, 3.8) is 0 Å². The van der Waals surface area contributed by atoms with Gasteiger partial charge in [-0.2, -0.15) is 5.26 Å². The van der Waals surface area contributed by atoms with Crippen molar-refractivity contribution >= 4 is 11.6 Å². The number of amides is 1. The number of nitrogens with two attached hydrogens (primary N) is 1. The predicted octanol–water partition coefficient (Wildman–Crippen LogP) is 1.78. The Labute approximate surface area is 116 Å². The number of aromatic hydroxyl groups is 1. The van der Waals surface area contributed by atoms with Crippen LogP contribution in [-0.2, 0) is 6.54 Å². The molecular formula is C15H13N3O2. The van der Waals surface area contributed by atoms with Crippen molar-refractivity contribution in [2.45, 2.75) is 6.54 Å². The molecule has 20 heavy (non-hydrogen) atoms. The highest BCUT2D eigenvalue weighted by atomic mass is 16.3. The molecule has 4 N–H and O–H groups in total. The lowest BCUT2D eigenvalue weighted by atomic mass is 10.1. The highest BCUT2D eigenvalue weighted by molar-refractivity contribution is 5.99. The Morgan fingerprint density at radius 2 is 2.10 bits per heavy atom. The molecule has 0 heterocycles. The monoisotopic (exact) mass is 267 g/mol. The highest BCUT2D eigenvalue weighted by Gasteiger charge is 2.10.